The van der Waals surface area contributed by atoms with E-state index >= 15 is 0 Å². The summed E-state index contributed by atoms with van der Waals surface area (Å²) in [5.41, 5.74) is 1.81. The fourth-order valence-electron chi connectivity index (χ4n) is 3.85. The zero-order valence-corrected chi connectivity index (χ0v) is 18.3. The Morgan fingerprint density at radius 3 is 2.73 bits per heavy atom. The first kappa shape index (κ1) is 20.8. The van der Waals surface area contributed by atoms with Crippen molar-refractivity contribution in [2.24, 2.45) is 0 Å². The lowest BCUT2D eigenvalue weighted by Crippen LogP contribution is -2.26. The van der Waals surface area contributed by atoms with Crippen LogP contribution in [0.4, 0.5) is 5.82 Å². The minimum Gasteiger partial charge on any atom is -0.365 e. The van der Waals surface area contributed by atoms with E-state index in [0.29, 0.717) is 12.1 Å². The van der Waals surface area contributed by atoms with Crippen molar-refractivity contribution in [2.75, 3.05) is 31.5 Å². The molecule has 0 spiro atoms. The number of likely N-dealkylation sites (tertiary alicyclic amines) is 1. The number of hydrogen-bond donors (Lipinski definition) is 2. The summed E-state index contributed by atoms with van der Waals surface area (Å²) in [6.45, 7) is 7.10. The van der Waals surface area contributed by atoms with Gasteiger partial charge in [0.1, 0.15) is 17.0 Å². The highest BCUT2D eigenvalue weighted by Crippen LogP contribution is 2.27. The van der Waals surface area contributed by atoms with Crippen molar-refractivity contribution < 1.29 is 4.79 Å². The van der Waals surface area contributed by atoms with E-state index in [2.05, 4.69) is 38.5 Å². The number of thiophene rings is 1. The summed E-state index contributed by atoms with van der Waals surface area (Å²) in [6, 6.07) is 9.88. The van der Waals surface area contributed by atoms with Crippen molar-refractivity contribution in [1.82, 2.24) is 20.2 Å². The van der Waals surface area contributed by atoms with Gasteiger partial charge in [0.15, 0.2) is 0 Å². The molecule has 3 aromatic rings. The zero-order valence-electron chi connectivity index (χ0n) is 17.5. The van der Waals surface area contributed by atoms with Gasteiger partial charge in [0.25, 0.3) is 5.91 Å². The van der Waals surface area contributed by atoms with E-state index in [-0.39, 0.29) is 5.91 Å². The highest BCUT2D eigenvalue weighted by Gasteiger charge is 2.11. The predicted molar refractivity (Wildman–Crippen MR) is 123 cm³/mol. The van der Waals surface area contributed by atoms with Crippen molar-refractivity contribution in [1.29, 1.82) is 0 Å². The van der Waals surface area contributed by atoms with Crippen LogP contribution in [0.2, 0.25) is 0 Å². The van der Waals surface area contributed by atoms with Crippen molar-refractivity contribution in [3.05, 3.63) is 52.7 Å². The standard InChI is InChI=1S/C23H29N5OS/c1-17-14-20-21(26-16-27-23(20)30-17)25-15-18-6-8-19(9-7-18)22(29)24-10-2-3-11-28-12-4-5-13-28/h6-9,14,16H,2-5,10-13,15H2,1H3,(H,24,29)(H,25,26,27). The smallest absolute Gasteiger partial charge is 0.251 e. The molecule has 3 heterocycles. The minimum atomic E-state index is 0.00180. The molecule has 0 saturated carbocycles. The van der Waals surface area contributed by atoms with Crippen LogP contribution in [0, 0.1) is 6.92 Å². The van der Waals surface area contributed by atoms with Crippen LogP contribution in [0.1, 0.15) is 46.5 Å². The average molecular weight is 424 g/mol. The number of amides is 1. The summed E-state index contributed by atoms with van der Waals surface area (Å²) >= 11 is 1.67. The Balaban J connectivity index is 1.22. The van der Waals surface area contributed by atoms with Crippen LogP contribution in [-0.2, 0) is 6.54 Å². The van der Waals surface area contributed by atoms with Gasteiger partial charge in [-0.2, -0.15) is 0 Å². The Morgan fingerprint density at radius 2 is 1.93 bits per heavy atom. The molecule has 0 unspecified atom stereocenters. The predicted octanol–water partition coefficient (Wildman–Crippen LogP) is 4.22. The van der Waals surface area contributed by atoms with Crippen LogP contribution >= 0.6 is 11.3 Å². The molecule has 4 rings (SSSR count). The van der Waals surface area contributed by atoms with Crippen LogP contribution in [0.25, 0.3) is 10.2 Å². The molecule has 2 N–H and O–H groups in total. The number of aromatic nitrogens is 2. The lowest BCUT2D eigenvalue weighted by molar-refractivity contribution is 0.0952. The van der Waals surface area contributed by atoms with Gasteiger partial charge < -0.3 is 15.5 Å². The average Bonchev–Trinajstić information content (AvgIpc) is 3.41. The first-order valence-electron chi connectivity index (χ1n) is 10.7. The molecule has 158 valence electrons. The Hall–Kier alpha value is -2.51. The molecule has 1 aromatic carbocycles. The third kappa shape index (κ3) is 5.34. The van der Waals surface area contributed by atoms with E-state index in [1.165, 1.54) is 30.8 Å². The minimum absolute atomic E-state index is 0.00180. The van der Waals surface area contributed by atoms with E-state index in [1.807, 2.05) is 24.3 Å². The second-order valence-corrected chi connectivity index (χ2v) is 9.10. The number of carbonyl (C=O) groups is 1. The molecule has 7 heteroatoms. The van der Waals surface area contributed by atoms with Crippen LogP contribution in [0.5, 0.6) is 0 Å². The molecule has 1 amide bonds. The second-order valence-electron chi connectivity index (χ2n) is 7.86. The quantitative estimate of drug-likeness (QED) is 0.504. The van der Waals surface area contributed by atoms with Crippen LogP contribution in [0.3, 0.4) is 0 Å². The highest BCUT2D eigenvalue weighted by molar-refractivity contribution is 7.18. The SMILES string of the molecule is Cc1cc2c(NCc3ccc(C(=O)NCCCCN4CCCC4)cc3)ncnc2s1. The Kier molecular flexibility index (Phi) is 6.92. The molecule has 1 aliphatic heterocycles. The fraction of sp³-hybridized carbons (Fsp3) is 0.435. The summed E-state index contributed by atoms with van der Waals surface area (Å²) in [7, 11) is 0. The van der Waals surface area contributed by atoms with E-state index in [1.54, 1.807) is 17.7 Å². The number of anilines is 1. The number of hydrogen-bond acceptors (Lipinski definition) is 6. The maximum absolute atomic E-state index is 12.4. The van der Waals surface area contributed by atoms with Gasteiger partial charge in [-0.1, -0.05) is 12.1 Å². The van der Waals surface area contributed by atoms with E-state index in [0.717, 1.165) is 47.5 Å². The molecule has 2 aromatic heterocycles. The Morgan fingerprint density at radius 1 is 1.13 bits per heavy atom. The van der Waals surface area contributed by atoms with Crippen molar-refractivity contribution in [3.63, 3.8) is 0 Å². The molecule has 1 saturated heterocycles. The van der Waals surface area contributed by atoms with Crippen LogP contribution in [0.15, 0.2) is 36.7 Å². The largest absolute Gasteiger partial charge is 0.365 e. The number of unbranched alkanes of at least 4 members (excludes halogenated alkanes) is 1. The fourth-order valence-corrected chi connectivity index (χ4v) is 4.69. The lowest BCUT2D eigenvalue weighted by Gasteiger charge is -2.14. The zero-order chi connectivity index (χ0) is 20.8. The first-order valence-corrected chi connectivity index (χ1v) is 11.6. The number of nitrogens with one attached hydrogen (secondary N) is 2. The van der Waals surface area contributed by atoms with Gasteiger partial charge in [-0.25, -0.2) is 9.97 Å². The number of rotatable bonds is 9. The van der Waals surface area contributed by atoms with Crippen LogP contribution < -0.4 is 10.6 Å². The number of fused-ring (bicyclic) bond motifs is 1. The highest BCUT2D eigenvalue weighted by atomic mass is 32.1. The Labute approximate surface area is 181 Å². The molecule has 0 radical (unpaired) electrons. The van der Waals surface area contributed by atoms with Crippen molar-refractivity contribution in [3.8, 4) is 0 Å². The molecule has 0 atom stereocenters. The molecule has 1 fully saturated rings. The maximum atomic E-state index is 12.4. The summed E-state index contributed by atoms with van der Waals surface area (Å²) in [5.74, 6) is 0.849. The number of benzene rings is 1. The monoisotopic (exact) mass is 423 g/mol. The van der Waals surface area contributed by atoms with Crippen molar-refractivity contribution >= 4 is 33.3 Å². The summed E-state index contributed by atoms with van der Waals surface area (Å²) in [5, 5.41) is 7.48. The van der Waals surface area contributed by atoms with E-state index < -0.39 is 0 Å². The van der Waals surface area contributed by atoms with E-state index in [4.69, 9.17) is 0 Å². The summed E-state index contributed by atoms with van der Waals surface area (Å²) in [4.78, 5) is 25.8. The number of carbonyl (C=O) groups excluding carboxylic acids is 1. The molecular weight excluding hydrogens is 394 g/mol. The third-order valence-corrected chi connectivity index (χ3v) is 6.47. The van der Waals surface area contributed by atoms with Gasteiger partial charge in [0.05, 0.1) is 5.39 Å². The molecular formula is C23H29N5OS. The van der Waals surface area contributed by atoms with E-state index in [9.17, 15) is 4.79 Å². The molecule has 6 nitrogen and oxygen atoms in total. The summed E-state index contributed by atoms with van der Waals surface area (Å²) < 4.78 is 0. The summed E-state index contributed by atoms with van der Waals surface area (Å²) in [6.07, 6.45) is 6.43. The van der Waals surface area contributed by atoms with Gasteiger partial charge in [0.2, 0.25) is 0 Å². The Bertz CT molecular complexity index is 979. The molecule has 30 heavy (non-hydrogen) atoms. The molecule has 1 aliphatic rings. The third-order valence-electron chi connectivity index (χ3n) is 5.51. The topological polar surface area (TPSA) is 70.2 Å². The van der Waals surface area contributed by atoms with Gasteiger partial charge in [-0.3, -0.25) is 4.79 Å². The van der Waals surface area contributed by atoms with Gasteiger partial charge in [-0.05, 0) is 76.0 Å². The normalized spacial score (nSPS) is 14.3. The molecule has 0 aliphatic carbocycles. The first-order chi connectivity index (χ1) is 14.7. The second kappa shape index (κ2) is 10.00. The number of nitrogens with zero attached hydrogens (tertiary/aromatic N) is 3. The lowest BCUT2D eigenvalue weighted by atomic mass is 10.1. The van der Waals surface area contributed by atoms with Crippen LogP contribution in [-0.4, -0.2) is 47.0 Å². The maximum Gasteiger partial charge on any atom is 0.251 e. The van der Waals surface area contributed by atoms with Gasteiger partial charge in [-0.15, -0.1) is 11.3 Å². The van der Waals surface area contributed by atoms with Crippen molar-refractivity contribution in [2.45, 2.75) is 39.2 Å². The van der Waals surface area contributed by atoms with Gasteiger partial charge in [0, 0.05) is 23.5 Å². The number of aryl methyl sites for hydroxylation is 1. The van der Waals surface area contributed by atoms with Gasteiger partial charge >= 0.3 is 0 Å². The molecule has 0 bridgehead atoms.